The van der Waals surface area contributed by atoms with Crippen LogP contribution in [0, 0.1) is 112 Å². The highest BCUT2D eigenvalue weighted by Crippen LogP contribution is 2.57. The van der Waals surface area contributed by atoms with Crippen molar-refractivity contribution in [2.45, 2.75) is 150 Å². The number of nitrogens with zero attached hydrogens (tertiary/aromatic N) is 3. The van der Waals surface area contributed by atoms with Crippen LogP contribution in [0.15, 0.2) is 146 Å². The first-order valence-electron chi connectivity index (χ1n) is 38.8. The Kier molecular flexibility index (Phi) is 25.6. The van der Waals surface area contributed by atoms with E-state index in [1.807, 2.05) is 81.5 Å². The Hall–Kier alpha value is -9.60. The maximum Gasteiger partial charge on any atom is 0.416 e. The first-order valence-corrected chi connectivity index (χ1v) is 38.8. The molecular formula is C88H101F5N6O11. The third-order valence-corrected chi connectivity index (χ3v) is 25.0. The number of cyclic esters (lactones) is 3. The number of ether oxygens (including phenoxy) is 5. The van der Waals surface area contributed by atoms with E-state index in [9.17, 15) is 50.7 Å². The molecule has 6 aliphatic carbocycles. The fourth-order valence-electron chi connectivity index (χ4n) is 20.1. The standard InChI is InChI=1S/C30H35FN2O4.C29H32FN3O5.C28H30F3NO2.CH4/c1-3-36-30(35)33-16-19-7-11-25-22(13-19)15-27-28(18(2)37-29(27)34)26(25)12-10-24-9-8-21(17-32-24)20-5-4-6-23(31)14-20;1-16-27-24(10-7-21-6-5-18(14-32-21)17-3-2-4-20(30)11-17)23-9-8-22(33-29(36)37-15-26(31)34)12-19(23)13-25(27)28(35)38-16;1-16-6-10-23-20(12-16)14-25-26(17(2)34-27(25)33)24(23)11-9-22-8-7-19(15-32-22)18-4-3-5-21(13-18)28(29,30)31;/h4-6,8-10,12,14,17-19,22,25-28H,3,7,11,13,15-16H2,1-2H3,(H,33,35);2-7,10-11,14,16,19,22-25,27H,8-9,12-13,15H2,1H3,(H2,31,34)(H,33,36);3-5,7-9,11,13,15-17,20,23-26H,6,10,12,14H2,1-2H3;1H4/b12-10+;10-7+;11-9+;/t18-,19-,22+,25-,26+,27-,28+;16-,19+,22-,23-,24+,25-,27+;16-,17-,20+,23-,24+,25-,26+;/m111./s1. The number of benzene rings is 3. The third-order valence-electron chi connectivity index (χ3n) is 25.0. The van der Waals surface area contributed by atoms with E-state index in [0.717, 1.165) is 109 Å². The van der Waals surface area contributed by atoms with Crippen molar-refractivity contribution in [2.75, 3.05) is 19.8 Å². The molecule has 3 aromatic carbocycles. The number of carbonyl (C=O) groups is 6. The number of hydrogen-bond donors (Lipinski definition) is 3. The number of aromatic nitrogens is 3. The van der Waals surface area contributed by atoms with Crippen molar-refractivity contribution >= 4 is 54.2 Å². The van der Waals surface area contributed by atoms with Crippen LogP contribution in [0.2, 0.25) is 0 Å². The predicted octanol–water partition coefficient (Wildman–Crippen LogP) is 17.6. The molecule has 110 heavy (non-hydrogen) atoms. The number of amides is 3. The lowest BCUT2D eigenvalue weighted by molar-refractivity contribution is -0.145. The average molecular weight is 1510 g/mol. The molecule has 0 radical (unpaired) electrons. The molecule has 0 spiro atoms. The number of halogens is 5. The van der Waals surface area contributed by atoms with Gasteiger partial charge in [0.05, 0.1) is 47.0 Å². The van der Waals surface area contributed by atoms with Crippen LogP contribution in [-0.2, 0) is 49.0 Å². The molecule has 22 heteroatoms. The number of allylic oxidation sites excluding steroid dienone is 3. The highest BCUT2D eigenvalue weighted by molar-refractivity contribution is 5.79. The van der Waals surface area contributed by atoms with E-state index in [1.54, 1.807) is 43.7 Å². The van der Waals surface area contributed by atoms with E-state index in [2.05, 4.69) is 56.8 Å². The maximum atomic E-state index is 13.6. The quantitative estimate of drug-likeness (QED) is 0.0493. The van der Waals surface area contributed by atoms with E-state index in [4.69, 9.17) is 29.4 Å². The van der Waals surface area contributed by atoms with Crippen molar-refractivity contribution in [3.63, 3.8) is 0 Å². The molecule has 17 nitrogen and oxygen atoms in total. The van der Waals surface area contributed by atoms with Gasteiger partial charge in [0.2, 0.25) is 0 Å². The van der Waals surface area contributed by atoms with Crippen molar-refractivity contribution in [3.05, 3.63) is 180 Å². The Morgan fingerprint density at radius 2 is 0.945 bits per heavy atom. The Morgan fingerprint density at radius 1 is 0.518 bits per heavy atom. The molecule has 3 aromatic heterocycles. The fourth-order valence-corrected chi connectivity index (χ4v) is 20.1. The molecule has 4 N–H and O–H groups in total. The van der Waals surface area contributed by atoms with Gasteiger partial charge >= 0.3 is 36.3 Å². The molecule has 6 saturated carbocycles. The van der Waals surface area contributed by atoms with Gasteiger partial charge in [-0.2, -0.15) is 13.2 Å². The van der Waals surface area contributed by atoms with Gasteiger partial charge in [0, 0.05) is 65.6 Å². The van der Waals surface area contributed by atoms with E-state index >= 15 is 0 Å². The van der Waals surface area contributed by atoms with Crippen molar-refractivity contribution in [2.24, 2.45) is 106 Å². The molecule has 6 heterocycles. The summed E-state index contributed by atoms with van der Waals surface area (Å²) in [6.45, 7) is 10.6. The lowest BCUT2D eigenvalue weighted by Crippen LogP contribution is -2.48. The minimum absolute atomic E-state index is 0. The van der Waals surface area contributed by atoms with Crippen LogP contribution < -0.4 is 16.4 Å². The summed E-state index contributed by atoms with van der Waals surface area (Å²) in [6.07, 6.45) is 23.7. The molecule has 15 rings (SSSR count). The van der Waals surface area contributed by atoms with Gasteiger partial charge in [-0.05, 0) is 253 Å². The van der Waals surface area contributed by atoms with Crippen LogP contribution in [0.1, 0.15) is 142 Å². The Morgan fingerprint density at radius 3 is 1.37 bits per heavy atom. The van der Waals surface area contributed by atoms with Crippen molar-refractivity contribution in [3.8, 4) is 33.4 Å². The zero-order chi connectivity index (χ0) is 76.8. The van der Waals surface area contributed by atoms with Crippen LogP contribution in [-0.4, -0.2) is 95.1 Å². The molecule has 3 aliphatic heterocycles. The Balaban J connectivity index is 0.000000153. The lowest BCUT2D eigenvalue weighted by Gasteiger charge is -2.47. The molecule has 0 bridgehead atoms. The monoisotopic (exact) mass is 1510 g/mol. The molecule has 584 valence electrons. The molecular weight excluding hydrogens is 1410 g/mol. The zero-order valence-electron chi connectivity index (χ0n) is 62.1. The van der Waals surface area contributed by atoms with Crippen molar-refractivity contribution in [1.82, 2.24) is 25.6 Å². The molecule has 6 aromatic rings. The van der Waals surface area contributed by atoms with Crippen LogP contribution >= 0.6 is 0 Å². The number of alkyl halides is 3. The lowest BCUT2D eigenvalue weighted by atomic mass is 9.56. The summed E-state index contributed by atoms with van der Waals surface area (Å²) in [5.74, 6) is 2.95. The number of nitrogens with two attached hydrogens (primary N) is 1. The van der Waals surface area contributed by atoms with Crippen molar-refractivity contribution < 1.29 is 74.4 Å². The number of carbonyl (C=O) groups excluding carboxylic acids is 6. The summed E-state index contributed by atoms with van der Waals surface area (Å²) in [4.78, 5) is 86.3. The smallest absolute Gasteiger partial charge is 0.416 e. The summed E-state index contributed by atoms with van der Waals surface area (Å²) in [5, 5.41) is 5.74. The molecule has 0 unspecified atom stereocenters. The van der Waals surface area contributed by atoms with Crippen molar-refractivity contribution in [1.29, 1.82) is 0 Å². The Labute approximate surface area is 640 Å². The molecule has 3 saturated heterocycles. The van der Waals surface area contributed by atoms with Gasteiger partial charge in [-0.1, -0.05) is 93.6 Å². The van der Waals surface area contributed by atoms with E-state index in [-0.39, 0.29) is 127 Å². The number of pyridine rings is 3. The van der Waals surface area contributed by atoms with Gasteiger partial charge in [-0.15, -0.1) is 0 Å². The van der Waals surface area contributed by atoms with E-state index in [0.29, 0.717) is 65.7 Å². The number of primary amides is 1. The second kappa shape index (κ2) is 35.2. The summed E-state index contributed by atoms with van der Waals surface area (Å²) in [6, 6.07) is 29.5. The SMILES string of the molecule is C.CCOC(=O)NC[C@@H]1CC[C@@H]2[C@@H](C1)C[C@H]1C(=O)O[C@H](C)[C@H]1[C@H]2/C=C/c1ccc(-c2cccc(F)c2)cn1.C[C@@H]1CC[C@@H]2[C@@H](C1)C[C@H]1C(=O)O[C@H](C)[C@H]1[C@H]2/C=C/c1ccc(-c2cccc(C(F)(F)F)c2)cn1.C[C@H]1OC(=O)[C@@H]2C[C@@H]3C[C@H](NC(=O)OCC(N)=O)CC[C@H]3[C@H](/C=C/c3ccc(-c4cccc(F)c4)cn3)[C@H]12. The van der Waals surface area contributed by atoms with Gasteiger partial charge in [0.25, 0.3) is 5.91 Å². The number of alkyl carbamates (subject to hydrolysis) is 2. The minimum atomic E-state index is -4.37. The average Bonchev–Trinajstić information content (AvgIpc) is 1.57. The van der Waals surface area contributed by atoms with Gasteiger partial charge in [-0.25, -0.2) is 18.4 Å². The largest absolute Gasteiger partial charge is 0.462 e. The topological polar surface area (TPSA) is 237 Å². The molecule has 3 amide bonds. The van der Waals surface area contributed by atoms with Crippen LogP contribution in [0.5, 0.6) is 0 Å². The van der Waals surface area contributed by atoms with E-state index in [1.165, 1.54) is 49.6 Å². The first-order chi connectivity index (χ1) is 52.4. The highest BCUT2D eigenvalue weighted by Gasteiger charge is 2.57. The second-order valence-corrected chi connectivity index (χ2v) is 31.7. The van der Waals surface area contributed by atoms with Gasteiger partial charge in [0.1, 0.15) is 29.9 Å². The van der Waals surface area contributed by atoms with E-state index < -0.39 is 30.3 Å². The molecule has 9 fully saturated rings. The van der Waals surface area contributed by atoms with Crippen LogP contribution in [0.4, 0.5) is 31.5 Å². The highest BCUT2D eigenvalue weighted by atomic mass is 19.4. The molecule has 21 atom stereocenters. The minimum Gasteiger partial charge on any atom is -0.462 e. The first kappa shape index (κ1) is 79.9. The number of esters is 3. The zero-order valence-corrected chi connectivity index (χ0v) is 62.1. The molecule has 9 aliphatic rings. The summed E-state index contributed by atoms with van der Waals surface area (Å²) in [7, 11) is 0. The third kappa shape index (κ3) is 18.7. The second-order valence-electron chi connectivity index (χ2n) is 31.7. The number of rotatable bonds is 15. The number of fused-ring (bicyclic) bond motifs is 6. The summed E-state index contributed by atoms with van der Waals surface area (Å²) in [5.41, 5.74) is 11.2. The van der Waals surface area contributed by atoms with Gasteiger partial charge in [0.15, 0.2) is 6.61 Å². The van der Waals surface area contributed by atoms with Crippen LogP contribution in [0.25, 0.3) is 51.6 Å². The van der Waals surface area contributed by atoms with Crippen LogP contribution in [0.3, 0.4) is 0 Å². The number of hydrogen-bond acceptors (Lipinski definition) is 14. The predicted molar refractivity (Wildman–Crippen MR) is 407 cm³/mol. The summed E-state index contributed by atoms with van der Waals surface area (Å²) >= 11 is 0. The number of nitrogens with one attached hydrogen (secondary N) is 2. The Bertz CT molecular complexity index is 4330. The normalized spacial score (nSPS) is 31.2. The summed E-state index contributed by atoms with van der Waals surface area (Å²) < 4.78 is 93.3. The fraction of sp³-hybridized carbons (Fsp3) is 0.489. The van der Waals surface area contributed by atoms with Gasteiger partial charge in [-0.3, -0.25) is 34.1 Å². The van der Waals surface area contributed by atoms with Gasteiger partial charge < -0.3 is 40.1 Å². The maximum absolute atomic E-state index is 13.6.